The number of carboxylic acids is 1. The van der Waals surface area contributed by atoms with Crippen molar-refractivity contribution in [2.75, 3.05) is 6.26 Å². The first kappa shape index (κ1) is 12.7. The zero-order chi connectivity index (χ0) is 13.3. The average Bonchev–Trinajstić information content (AvgIpc) is 2.67. The number of aromatic carboxylic acids is 1. The normalized spacial score (nSPS) is 10.6. The molecule has 0 bridgehead atoms. The number of imidazole rings is 1. The number of rotatable bonds is 3. The summed E-state index contributed by atoms with van der Waals surface area (Å²) in [5.74, 6) is -0.996. The van der Waals surface area contributed by atoms with Crippen LogP contribution in [0.3, 0.4) is 0 Å². The van der Waals surface area contributed by atoms with Crippen LogP contribution in [0, 0.1) is 6.92 Å². The van der Waals surface area contributed by atoms with Gasteiger partial charge in [0, 0.05) is 12.6 Å². The molecule has 1 aromatic carbocycles. The maximum Gasteiger partial charge on any atom is 0.356 e. The number of benzene rings is 1. The molecule has 0 aliphatic heterocycles. The Morgan fingerprint density at radius 3 is 2.61 bits per heavy atom. The highest BCUT2D eigenvalue weighted by Crippen LogP contribution is 2.29. The van der Waals surface area contributed by atoms with Crippen molar-refractivity contribution in [1.29, 1.82) is 0 Å². The van der Waals surface area contributed by atoms with E-state index in [4.69, 9.17) is 0 Å². The Hall–Kier alpha value is -1.75. The van der Waals surface area contributed by atoms with Crippen molar-refractivity contribution in [1.82, 2.24) is 9.55 Å². The second kappa shape index (κ2) is 4.86. The molecule has 0 fully saturated rings. The van der Waals surface area contributed by atoms with Crippen LogP contribution in [-0.4, -0.2) is 26.9 Å². The van der Waals surface area contributed by atoms with E-state index in [1.165, 1.54) is 11.8 Å². The van der Waals surface area contributed by atoms with Gasteiger partial charge in [0.05, 0.1) is 5.69 Å². The average molecular weight is 262 g/mol. The molecule has 0 atom stereocenters. The van der Waals surface area contributed by atoms with Gasteiger partial charge in [-0.3, -0.25) is 0 Å². The summed E-state index contributed by atoms with van der Waals surface area (Å²) in [7, 11) is 1.84. The monoisotopic (exact) mass is 262 g/mol. The zero-order valence-corrected chi connectivity index (χ0v) is 11.3. The van der Waals surface area contributed by atoms with E-state index in [1.54, 1.807) is 0 Å². The van der Waals surface area contributed by atoms with Crippen LogP contribution < -0.4 is 0 Å². The summed E-state index contributed by atoms with van der Waals surface area (Å²) < 4.78 is 1.83. The molecule has 94 valence electrons. The van der Waals surface area contributed by atoms with Gasteiger partial charge in [0.1, 0.15) is 0 Å². The Kier molecular flexibility index (Phi) is 3.43. The second-order valence-corrected chi connectivity index (χ2v) is 4.75. The number of aromatic nitrogens is 2. The number of carboxylic acid groups (broad SMARTS) is 1. The lowest BCUT2D eigenvalue weighted by molar-refractivity contribution is 0.0691. The lowest BCUT2D eigenvalue weighted by Gasteiger charge is -2.08. The summed E-state index contributed by atoms with van der Waals surface area (Å²) in [5, 5.41) is 9.97. The third-order valence-corrected chi connectivity index (χ3v) is 3.57. The van der Waals surface area contributed by atoms with Gasteiger partial charge in [-0.1, -0.05) is 36.0 Å². The van der Waals surface area contributed by atoms with E-state index in [9.17, 15) is 9.90 Å². The molecule has 0 amide bonds. The molecule has 1 aromatic heterocycles. The van der Waals surface area contributed by atoms with E-state index in [2.05, 4.69) is 4.98 Å². The van der Waals surface area contributed by atoms with Gasteiger partial charge in [-0.25, -0.2) is 9.78 Å². The Bertz CT molecular complexity index is 605. The lowest BCUT2D eigenvalue weighted by atomic mass is 10.0. The van der Waals surface area contributed by atoms with Crippen LogP contribution in [0.1, 0.15) is 16.1 Å². The van der Waals surface area contributed by atoms with Crippen molar-refractivity contribution >= 4 is 17.7 Å². The number of carbonyl (C=O) groups is 1. The molecule has 0 radical (unpaired) electrons. The molecule has 1 heterocycles. The van der Waals surface area contributed by atoms with Crippen molar-refractivity contribution in [3.05, 3.63) is 35.5 Å². The molecule has 0 spiro atoms. The highest BCUT2D eigenvalue weighted by Gasteiger charge is 2.21. The first-order chi connectivity index (χ1) is 8.56. The molecule has 0 saturated heterocycles. The van der Waals surface area contributed by atoms with Gasteiger partial charge in [-0.2, -0.15) is 0 Å². The molecule has 18 heavy (non-hydrogen) atoms. The molecule has 0 aliphatic carbocycles. The summed E-state index contributed by atoms with van der Waals surface area (Å²) in [6, 6.07) is 7.72. The Labute approximate surface area is 110 Å². The fraction of sp³-hybridized carbons (Fsp3) is 0.231. The van der Waals surface area contributed by atoms with E-state index >= 15 is 0 Å². The van der Waals surface area contributed by atoms with E-state index in [1.807, 2.05) is 49.1 Å². The lowest BCUT2D eigenvalue weighted by Crippen LogP contribution is -2.02. The molecule has 5 heteroatoms. The predicted molar refractivity (Wildman–Crippen MR) is 72.1 cm³/mol. The summed E-state index contributed by atoms with van der Waals surface area (Å²) in [6.07, 6.45) is 1.88. The van der Waals surface area contributed by atoms with Crippen molar-refractivity contribution in [2.24, 2.45) is 7.05 Å². The van der Waals surface area contributed by atoms with E-state index in [0.717, 1.165) is 11.1 Å². The Morgan fingerprint density at radius 2 is 2.06 bits per heavy atom. The number of nitrogens with zero attached hydrogens (tertiary/aromatic N) is 2. The standard InChI is InChI=1S/C13H14N2O2S/c1-8-6-4-5-7-9(8)11-10(12(16)17)14-13(18-3)15(11)2/h4-7H,1-3H3,(H,16,17). The first-order valence-electron chi connectivity index (χ1n) is 5.46. The Balaban J connectivity index is 2.74. The fourth-order valence-corrected chi connectivity index (χ4v) is 2.50. The van der Waals surface area contributed by atoms with E-state index < -0.39 is 5.97 Å². The van der Waals surface area contributed by atoms with Crippen molar-refractivity contribution < 1.29 is 9.90 Å². The zero-order valence-electron chi connectivity index (χ0n) is 10.5. The Morgan fingerprint density at radius 1 is 1.39 bits per heavy atom. The van der Waals surface area contributed by atoms with Gasteiger partial charge >= 0.3 is 5.97 Å². The van der Waals surface area contributed by atoms with Crippen LogP contribution in [0.2, 0.25) is 0 Å². The van der Waals surface area contributed by atoms with Crippen molar-refractivity contribution in [3.8, 4) is 11.3 Å². The quantitative estimate of drug-likeness (QED) is 0.864. The minimum Gasteiger partial charge on any atom is -0.476 e. The molecule has 0 unspecified atom stereocenters. The largest absolute Gasteiger partial charge is 0.476 e. The highest BCUT2D eigenvalue weighted by molar-refractivity contribution is 7.98. The van der Waals surface area contributed by atoms with E-state index in [-0.39, 0.29) is 5.69 Å². The van der Waals surface area contributed by atoms with Crippen LogP contribution in [0.5, 0.6) is 0 Å². The molecule has 2 aromatic rings. The summed E-state index contributed by atoms with van der Waals surface area (Å²) in [5.41, 5.74) is 2.71. The number of hydrogen-bond donors (Lipinski definition) is 1. The summed E-state index contributed by atoms with van der Waals surface area (Å²) >= 11 is 1.44. The van der Waals surface area contributed by atoms with Gasteiger partial charge in [0.2, 0.25) is 0 Å². The summed E-state index contributed by atoms with van der Waals surface area (Å²) in [4.78, 5) is 15.5. The van der Waals surface area contributed by atoms with Crippen molar-refractivity contribution in [2.45, 2.75) is 12.1 Å². The second-order valence-electron chi connectivity index (χ2n) is 3.97. The first-order valence-corrected chi connectivity index (χ1v) is 6.68. The van der Waals surface area contributed by atoms with Crippen LogP contribution in [0.15, 0.2) is 29.4 Å². The summed E-state index contributed by atoms with van der Waals surface area (Å²) in [6.45, 7) is 1.97. The number of aryl methyl sites for hydroxylation is 1. The van der Waals surface area contributed by atoms with Gasteiger partial charge in [0.25, 0.3) is 0 Å². The third kappa shape index (κ3) is 2.01. The molecule has 1 N–H and O–H groups in total. The maximum atomic E-state index is 11.3. The minimum atomic E-state index is -0.996. The minimum absolute atomic E-state index is 0.108. The number of hydrogen-bond acceptors (Lipinski definition) is 3. The molecule has 0 aliphatic rings. The SMILES string of the molecule is CSc1nc(C(=O)O)c(-c2ccccc2C)n1C. The van der Waals surface area contributed by atoms with Crippen LogP contribution in [0.4, 0.5) is 0 Å². The molecule has 2 rings (SSSR count). The van der Waals surface area contributed by atoms with Crippen LogP contribution in [-0.2, 0) is 7.05 Å². The maximum absolute atomic E-state index is 11.3. The predicted octanol–water partition coefficient (Wildman–Crippen LogP) is 2.82. The van der Waals surface area contributed by atoms with Gasteiger partial charge in [0.15, 0.2) is 10.9 Å². The van der Waals surface area contributed by atoms with Crippen LogP contribution in [0.25, 0.3) is 11.3 Å². The highest BCUT2D eigenvalue weighted by atomic mass is 32.2. The van der Waals surface area contributed by atoms with E-state index in [0.29, 0.717) is 10.9 Å². The molecule has 4 nitrogen and oxygen atoms in total. The molecular weight excluding hydrogens is 248 g/mol. The van der Waals surface area contributed by atoms with Gasteiger partial charge < -0.3 is 9.67 Å². The fourth-order valence-electron chi connectivity index (χ4n) is 1.96. The number of thioether (sulfide) groups is 1. The van der Waals surface area contributed by atoms with Gasteiger partial charge in [-0.05, 0) is 18.7 Å². The van der Waals surface area contributed by atoms with Crippen molar-refractivity contribution in [3.63, 3.8) is 0 Å². The van der Waals surface area contributed by atoms with Gasteiger partial charge in [-0.15, -0.1) is 0 Å². The third-order valence-electron chi connectivity index (χ3n) is 2.84. The van der Waals surface area contributed by atoms with Crippen LogP contribution >= 0.6 is 11.8 Å². The molecular formula is C13H14N2O2S. The molecule has 0 saturated carbocycles. The topological polar surface area (TPSA) is 55.1 Å². The smallest absolute Gasteiger partial charge is 0.356 e.